The van der Waals surface area contributed by atoms with Gasteiger partial charge in [-0.15, -0.1) is 11.3 Å². The van der Waals surface area contributed by atoms with Gasteiger partial charge in [-0.2, -0.15) is 0 Å². The highest BCUT2D eigenvalue weighted by molar-refractivity contribution is 7.13. The fourth-order valence-electron chi connectivity index (χ4n) is 1.51. The van der Waals surface area contributed by atoms with Crippen molar-refractivity contribution in [3.8, 4) is 10.7 Å². The van der Waals surface area contributed by atoms with E-state index >= 15 is 0 Å². The second kappa shape index (κ2) is 4.37. The summed E-state index contributed by atoms with van der Waals surface area (Å²) in [6.07, 6.45) is 3.64. The summed E-state index contributed by atoms with van der Waals surface area (Å²) in [6, 6.07) is 4.02. The van der Waals surface area contributed by atoms with E-state index in [1.165, 1.54) is 0 Å². The van der Waals surface area contributed by atoms with Gasteiger partial charge in [-0.3, -0.25) is 0 Å². The summed E-state index contributed by atoms with van der Waals surface area (Å²) in [6.45, 7) is 2.33. The lowest BCUT2D eigenvalue weighted by Gasteiger charge is -2.23. The Morgan fingerprint density at radius 2 is 2.44 bits per heavy atom. The molecule has 1 unspecified atom stereocenters. The first-order valence-electron chi connectivity index (χ1n) is 5.07. The molecule has 0 aliphatic heterocycles. The summed E-state index contributed by atoms with van der Waals surface area (Å²) in [7, 11) is 0. The molecule has 0 saturated carbocycles. The molecule has 0 saturated heterocycles. The summed E-state index contributed by atoms with van der Waals surface area (Å²) in [5.74, 6) is 0.903. The predicted octanol–water partition coefficient (Wildman–Crippen LogP) is 1.32. The van der Waals surface area contributed by atoms with E-state index in [-0.39, 0.29) is 6.61 Å². The Labute approximate surface area is 98.4 Å². The molecule has 0 aliphatic carbocycles. The van der Waals surface area contributed by atoms with Crippen molar-refractivity contribution in [2.75, 3.05) is 6.61 Å². The van der Waals surface area contributed by atoms with Crippen LogP contribution >= 0.6 is 11.3 Å². The van der Waals surface area contributed by atoms with Crippen LogP contribution in [0.1, 0.15) is 6.92 Å². The number of nitrogens with zero attached hydrogens (tertiary/aromatic N) is 2. The number of hydrogen-bond donors (Lipinski definition) is 2. The van der Waals surface area contributed by atoms with E-state index in [0.717, 1.165) is 10.7 Å². The fourth-order valence-corrected chi connectivity index (χ4v) is 2.24. The van der Waals surface area contributed by atoms with E-state index < -0.39 is 5.54 Å². The fraction of sp³-hybridized carbons (Fsp3) is 0.364. The molecule has 0 bridgehead atoms. The molecule has 0 amide bonds. The highest BCUT2D eigenvalue weighted by Gasteiger charge is 2.19. The first-order valence-corrected chi connectivity index (χ1v) is 5.95. The Hall–Kier alpha value is -1.17. The molecule has 86 valence electrons. The van der Waals surface area contributed by atoms with Crippen LogP contribution in [0, 0.1) is 0 Å². The molecular weight excluding hydrogens is 222 g/mol. The predicted molar refractivity (Wildman–Crippen MR) is 65.2 cm³/mol. The zero-order chi connectivity index (χ0) is 11.6. The summed E-state index contributed by atoms with van der Waals surface area (Å²) < 4.78 is 1.97. The average molecular weight is 237 g/mol. The normalized spacial score (nSPS) is 14.9. The minimum atomic E-state index is -0.618. The van der Waals surface area contributed by atoms with Crippen LogP contribution in [-0.4, -0.2) is 26.8 Å². The molecule has 1 atom stereocenters. The number of rotatable bonds is 4. The minimum Gasteiger partial charge on any atom is -0.394 e. The van der Waals surface area contributed by atoms with Gasteiger partial charge in [0.15, 0.2) is 0 Å². The van der Waals surface area contributed by atoms with Crippen LogP contribution in [0.15, 0.2) is 29.9 Å². The Morgan fingerprint density at radius 1 is 1.62 bits per heavy atom. The van der Waals surface area contributed by atoms with Crippen LogP contribution in [0.3, 0.4) is 0 Å². The number of aliphatic hydroxyl groups is 1. The van der Waals surface area contributed by atoms with Gasteiger partial charge in [-0.25, -0.2) is 4.98 Å². The van der Waals surface area contributed by atoms with Crippen molar-refractivity contribution >= 4 is 11.3 Å². The summed E-state index contributed by atoms with van der Waals surface area (Å²) in [5, 5.41) is 11.2. The van der Waals surface area contributed by atoms with Gasteiger partial charge in [0.25, 0.3) is 0 Å². The van der Waals surface area contributed by atoms with Gasteiger partial charge in [0.2, 0.25) is 0 Å². The van der Waals surface area contributed by atoms with Crippen molar-refractivity contribution in [1.82, 2.24) is 9.55 Å². The molecule has 2 aromatic heterocycles. The van der Waals surface area contributed by atoms with E-state index in [1.54, 1.807) is 17.5 Å². The van der Waals surface area contributed by atoms with Crippen LogP contribution < -0.4 is 5.73 Å². The molecule has 2 aromatic rings. The summed E-state index contributed by atoms with van der Waals surface area (Å²) in [5.41, 5.74) is 5.32. The zero-order valence-corrected chi connectivity index (χ0v) is 9.94. The molecule has 16 heavy (non-hydrogen) atoms. The Morgan fingerprint density at radius 3 is 3.06 bits per heavy atom. The van der Waals surface area contributed by atoms with E-state index in [2.05, 4.69) is 4.98 Å². The second-order valence-corrected chi connectivity index (χ2v) is 5.12. The van der Waals surface area contributed by atoms with E-state index in [0.29, 0.717) is 6.54 Å². The second-order valence-electron chi connectivity index (χ2n) is 4.17. The lowest BCUT2D eigenvalue weighted by molar-refractivity contribution is 0.192. The lowest BCUT2D eigenvalue weighted by Crippen LogP contribution is -2.44. The number of hydrogen-bond acceptors (Lipinski definition) is 4. The van der Waals surface area contributed by atoms with Crippen molar-refractivity contribution in [2.24, 2.45) is 5.73 Å². The third-order valence-electron chi connectivity index (χ3n) is 2.35. The third kappa shape index (κ3) is 2.32. The first-order chi connectivity index (χ1) is 7.62. The van der Waals surface area contributed by atoms with Crippen molar-refractivity contribution in [3.05, 3.63) is 29.9 Å². The number of imidazole rings is 1. The molecule has 3 N–H and O–H groups in total. The topological polar surface area (TPSA) is 64.1 Å². The molecular formula is C11H15N3OS. The highest BCUT2D eigenvalue weighted by atomic mass is 32.1. The maximum absolute atomic E-state index is 9.16. The maximum Gasteiger partial charge on any atom is 0.150 e. The molecule has 5 heteroatoms. The third-order valence-corrected chi connectivity index (χ3v) is 3.22. The number of nitrogens with two attached hydrogens (primary N) is 1. The Bertz CT molecular complexity index is 448. The smallest absolute Gasteiger partial charge is 0.150 e. The number of aliphatic hydroxyl groups excluding tert-OH is 1. The molecule has 0 fully saturated rings. The molecule has 0 aliphatic rings. The SMILES string of the molecule is CC(N)(CO)Cn1ccnc1-c1cccs1. The average Bonchev–Trinajstić information content (AvgIpc) is 2.86. The quantitative estimate of drug-likeness (QED) is 0.843. The largest absolute Gasteiger partial charge is 0.394 e. The highest BCUT2D eigenvalue weighted by Crippen LogP contribution is 2.23. The zero-order valence-electron chi connectivity index (χ0n) is 9.13. The monoisotopic (exact) mass is 237 g/mol. The van der Waals surface area contributed by atoms with Crippen molar-refractivity contribution in [2.45, 2.75) is 19.0 Å². The summed E-state index contributed by atoms with van der Waals surface area (Å²) >= 11 is 1.64. The van der Waals surface area contributed by atoms with Crippen LogP contribution in [0.2, 0.25) is 0 Å². The molecule has 4 nitrogen and oxygen atoms in total. The van der Waals surface area contributed by atoms with Crippen LogP contribution in [-0.2, 0) is 6.54 Å². The van der Waals surface area contributed by atoms with Gasteiger partial charge in [-0.1, -0.05) is 6.07 Å². The molecule has 0 aromatic carbocycles. The molecule has 0 spiro atoms. The van der Waals surface area contributed by atoms with Crippen molar-refractivity contribution in [1.29, 1.82) is 0 Å². The summed E-state index contributed by atoms with van der Waals surface area (Å²) in [4.78, 5) is 5.42. The van der Waals surface area contributed by atoms with Crippen LogP contribution in [0.5, 0.6) is 0 Å². The molecule has 0 radical (unpaired) electrons. The van der Waals surface area contributed by atoms with Gasteiger partial charge >= 0.3 is 0 Å². The minimum absolute atomic E-state index is 0.0466. The maximum atomic E-state index is 9.16. The standard InChI is InChI=1S/C11H15N3OS/c1-11(12,8-15)7-14-5-4-13-10(14)9-3-2-6-16-9/h2-6,15H,7-8,12H2,1H3. The van der Waals surface area contributed by atoms with E-state index in [1.807, 2.05) is 35.2 Å². The van der Waals surface area contributed by atoms with Gasteiger partial charge in [0.05, 0.1) is 17.0 Å². The Kier molecular flexibility index (Phi) is 3.09. The van der Waals surface area contributed by atoms with Gasteiger partial charge in [0.1, 0.15) is 5.82 Å². The molecule has 2 heterocycles. The first kappa shape index (κ1) is 11.3. The number of aromatic nitrogens is 2. The van der Waals surface area contributed by atoms with E-state index in [4.69, 9.17) is 10.8 Å². The van der Waals surface area contributed by atoms with Gasteiger partial charge in [-0.05, 0) is 18.4 Å². The van der Waals surface area contributed by atoms with E-state index in [9.17, 15) is 0 Å². The van der Waals surface area contributed by atoms with Gasteiger partial charge in [0, 0.05) is 18.9 Å². The van der Waals surface area contributed by atoms with Crippen molar-refractivity contribution < 1.29 is 5.11 Å². The molecule has 2 rings (SSSR count). The lowest BCUT2D eigenvalue weighted by atomic mass is 10.1. The Balaban J connectivity index is 2.27. The van der Waals surface area contributed by atoms with Crippen molar-refractivity contribution in [3.63, 3.8) is 0 Å². The number of thiophene rings is 1. The van der Waals surface area contributed by atoms with Crippen LogP contribution in [0.4, 0.5) is 0 Å². The van der Waals surface area contributed by atoms with Gasteiger partial charge < -0.3 is 15.4 Å². The van der Waals surface area contributed by atoms with Crippen LogP contribution in [0.25, 0.3) is 10.7 Å².